The van der Waals surface area contributed by atoms with Crippen molar-refractivity contribution in [2.24, 2.45) is 0 Å². The predicted octanol–water partition coefficient (Wildman–Crippen LogP) is 3.58. The van der Waals surface area contributed by atoms with E-state index in [-0.39, 0.29) is 0 Å². The van der Waals surface area contributed by atoms with Crippen LogP contribution in [0.25, 0.3) is 0 Å². The van der Waals surface area contributed by atoms with Gasteiger partial charge in [-0.3, -0.25) is 4.90 Å². The summed E-state index contributed by atoms with van der Waals surface area (Å²) in [5.74, 6) is 0. The minimum atomic E-state index is 0.970. The van der Waals surface area contributed by atoms with E-state index in [1.54, 1.807) is 0 Å². The maximum atomic E-state index is 3.99. The Labute approximate surface area is 118 Å². The summed E-state index contributed by atoms with van der Waals surface area (Å²) >= 11 is 0. The molecule has 0 bridgehead atoms. The maximum absolute atomic E-state index is 3.99. The van der Waals surface area contributed by atoms with Gasteiger partial charge in [-0.05, 0) is 37.6 Å². The molecule has 0 aliphatic carbocycles. The Hall–Kier alpha value is -1.12. The number of hydrogen-bond acceptors (Lipinski definition) is 2. The fourth-order valence-electron chi connectivity index (χ4n) is 2.09. The van der Waals surface area contributed by atoms with Gasteiger partial charge < -0.3 is 5.32 Å². The predicted molar refractivity (Wildman–Crippen MR) is 84.2 cm³/mol. The molecule has 0 heterocycles. The van der Waals surface area contributed by atoms with Crippen molar-refractivity contribution in [1.29, 1.82) is 0 Å². The summed E-state index contributed by atoms with van der Waals surface area (Å²) in [5.41, 5.74) is 3.96. The molecule has 0 amide bonds. The summed E-state index contributed by atoms with van der Waals surface area (Å²) in [6.45, 7) is 15.6. The fraction of sp³-hybridized carbons (Fsp3) is 0.529. The first-order valence-electron chi connectivity index (χ1n) is 7.31. The van der Waals surface area contributed by atoms with E-state index in [9.17, 15) is 0 Å². The third-order valence-corrected chi connectivity index (χ3v) is 3.13. The molecule has 1 N–H and O–H groups in total. The highest BCUT2D eigenvalue weighted by Gasteiger charge is 2.03. The minimum Gasteiger partial charge on any atom is -0.313 e. The van der Waals surface area contributed by atoms with E-state index < -0.39 is 0 Å². The zero-order chi connectivity index (χ0) is 14.1. The van der Waals surface area contributed by atoms with Gasteiger partial charge >= 0.3 is 0 Å². The fourth-order valence-corrected chi connectivity index (χ4v) is 2.09. The smallest absolute Gasteiger partial charge is 0.0237 e. The first-order valence-corrected chi connectivity index (χ1v) is 7.31. The summed E-state index contributed by atoms with van der Waals surface area (Å²) in [7, 11) is 0. The highest BCUT2D eigenvalue weighted by Crippen LogP contribution is 2.08. The summed E-state index contributed by atoms with van der Waals surface area (Å²) < 4.78 is 0. The van der Waals surface area contributed by atoms with Crippen molar-refractivity contribution in [3.63, 3.8) is 0 Å². The van der Waals surface area contributed by atoms with Crippen LogP contribution in [0.5, 0.6) is 0 Å². The van der Waals surface area contributed by atoms with Crippen LogP contribution in [0.2, 0.25) is 0 Å². The van der Waals surface area contributed by atoms with Gasteiger partial charge in [0.1, 0.15) is 0 Å². The molecular weight excluding hydrogens is 232 g/mol. The normalized spacial score (nSPS) is 10.9. The maximum Gasteiger partial charge on any atom is 0.0237 e. The Kier molecular flexibility index (Phi) is 7.46. The zero-order valence-corrected chi connectivity index (χ0v) is 12.7. The van der Waals surface area contributed by atoms with E-state index in [0.29, 0.717) is 0 Å². The van der Waals surface area contributed by atoms with E-state index in [2.05, 4.69) is 61.8 Å². The molecule has 0 atom stereocenters. The van der Waals surface area contributed by atoms with E-state index in [1.807, 2.05) is 0 Å². The molecule has 1 aromatic carbocycles. The largest absolute Gasteiger partial charge is 0.313 e. The highest BCUT2D eigenvalue weighted by atomic mass is 15.1. The lowest BCUT2D eigenvalue weighted by molar-refractivity contribution is 0.304. The molecule has 2 heteroatoms. The molecule has 0 fully saturated rings. The molecular formula is C17H28N2. The van der Waals surface area contributed by atoms with Crippen LogP contribution in [0.4, 0.5) is 0 Å². The summed E-state index contributed by atoms with van der Waals surface area (Å²) in [5, 5.41) is 3.43. The summed E-state index contributed by atoms with van der Waals surface area (Å²) in [6.07, 6.45) is 1.18. The van der Waals surface area contributed by atoms with Gasteiger partial charge in [-0.1, -0.05) is 50.3 Å². The van der Waals surface area contributed by atoms with Crippen LogP contribution in [0, 0.1) is 0 Å². The quantitative estimate of drug-likeness (QED) is 0.539. The molecule has 19 heavy (non-hydrogen) atoms. The molecule has 1 aromatic rings. The first kappa shape index (κ1) is 15.9. The molecule has 0 aliphatic rings. The van der Waals surface area contributed by atoms with Crippen molar-refractivity contribution in [3.05, 3.63) is 47.5 Å². The van der Waals surface area contributed by atoms with Crippen LogP contribution in [-0.4, -0.2) is 24.5 Å². The molecule has 1 rings (SSSR count). The number of rotatable bonds is 9. The third kappa shape index (κ3) is 6.55. The van der Waals surface area contributed by atoms with Crippen molar-refractivity contribution in [1.82, 2.24) is 10.2 Å². The minimum absolute atomic E-state index is 0.970. The zero-order valence-electron chi connectivity index (χ0n) is 12.7. The van der Waals surface area contributed by atoms with Crippen molar-refractivity contribution in [3.8, 4) is 0 Å². The second-order valence-corrected chi connectivity index (χ2v) is 5.25. The molecule has 2 nitrogen and oxygen atoms in total. The average Bonchev–Trinajstić information content (AvgIpc) is 2.39. The lowest BCUT2D eigenvalue weighted by atomic mass is 10.1. The number of likely N-dealkylation sites (N-methyl/N-ethyl adjacent to an activating group) is 1. The molecule has 0 saturated carbocycles. The van der Waals surface area contributed by atoms with Gasteiger partial charge in [-0.15, -0.1) is 0 Å². The molecule has 0 saturated heterocycles. The van der Waals surface area contributed by atoms with Crippen LogP contribution in [0.1, 0.15) is 38.3 Å². The van der Waals surface area contributed by atoms with Gasteiger partial charge in [0, 0.05) is 19.6 Å². The second-order valence-electron chi connectivity index (χ2n) is 5.25. The monoisotopic (exact) mass is 260 g/mol. The third-order valence-electron chi connectivity index (χ3n) is 3.13. The van der Waals surface area contributed by atoms with E-state index in [4.69, 9.17) is 0 Å². The molecule has 0 aliphatic heterocycles. The van der Waals surface area contributed by atoms with Crippen LogP contribution < -0.4 is 5.32 Å². The standard InChI is InChI=1S/C17H28N2/c1-5-11-18-12-16-7-9-17(10-8-16)14-19(6-2)13-15(3)4/h7-10,18H,3,5-6,11-14H2,1-2,4H3. The van der Waals surface area contributed by atoms with Crippen LogP contribution in [0.3, 0.4) is 0 Å². The summed E-state index contributed by atoms with van der Waals surface area (Å²) in [6, 6.07) is 8.94. The van der Waals surface area contributed by atoms with Gasteiger partial charge in [0.15, 0.2) is 0 Å². The van der Waals surface area contributed by atoms with Gasteiger partial charge in [0.25, 0.3) is 0 Å². The second kappa shape index (κ2) is 8.89. The molecule has 0 radical (unpaired) electrons. The number of hydrogen-bond donors (Lipinski definition) is 1. The van der Waals surface area contributed by atoms with Crippen molar-refractivity contribution in [2.45, 2.75) is 40.3 Å². The SMILES string of the molecule is C=C(C)CN(CC)Cc1ccc(CNCCC)cc1. The lowest BCUT2D eigenvalue weighted by Gasteiger charge is -2.20. The Morgan fingerprint density at radius 3 is 2.32 bits per heavy atom. The van der Waals surface area contributed by atoms with Crippen LogP contribution in [0.15, 0.2) is 36.4 Å². The molecule has 0 aromatic heterocycles. The van der Waals surface area contributed by atoms with Gasteiger partial charge in [-0.25, -0.2) is 0 Å². The lowest BCUT2D eigenvalue weighted by Crippen LogP contribution is -2.24. The highest BCUT2D eigenvalue weighted by molar-refractivity contribution is 5.22. The van der Waals surface area contributed by atoms with E-state index >= 15 is 0 Å². The summed E-state index contributed by atoms with van der Waals surface area (Å²) in [4.78, 5) is 2.41. The van der Waals surface area contributed by atoms with E-state index in [1.165, 1.54) is 23.1 Å². The number of nitrogens with zero attached hydrogens (tertiary/aromatic N) is 1. The van der Waals surface area contributed by atoms with Gasteiger partial charge in [-0.2, -0.15) is 0 Å². The first-order chi connectivity index (χ1) is 9.15. The van der Waals surface area contributed by atoms with Crippen molar-refractivity contribution in [2.75, 3.05) is 19.6 Å². The van der Waals surface area contributed by atoms with Crippen LogP contribution in [-0.2, 0) is 13.1 Å². The Morgan fingerprint density at radius 2 is 1.79 bits per heavy atom. The van der Waals surface area contributed by atoms with E-state index in [0.717, 1.165) is 32.7 Å². The molecule has 0 spiro atoms. The molecule has 106 valence electrons. The Balaban J connectivity index is 2.48. The average molecular weight is 260 g/mol. The topological polar surface area (TPSA) is 15.3 Å². The van der Waals surface area contributed by atoms with Crippen molar-refractivity contribution < 1.29 is 0 Å². The van der Waals surface area contributed by atoms with Gasteiger partial charge in [0.2, 0.25) is 0 Å². The Bertz CT molecular complexity index is 367. The van der Waals surface area contributed by atoms with Crippen molar-refractivity contribution >= 4 is 0 Å². The van der Waals surface area contributed by atoms with Crippen LogP contribution >= 0.6 is 0 Å². The number of benzene rings is 1. The molecule has 0 unspecified atom stereocenters. The van der Waals surface area contributed by atoms with Gasteiger partial charge in [0.05, 0.1) is 0 Å². The number of nitrogens with one attached hydrogen (secondary N) is 1. The Morgan fingerprint density at radius 1 is 1.16 bits per heavy atom.